The van der Waals surface area contributed by atoms with Gasteiger partial charge in [-0.3, -0.25) is 4.79 Å². The highest BCUT2D eigenvalue weighted by Gasteiger charge is 2.43. The number of ether oxygens (including phenoxy) is 1. The molecule has 86 valence electrons. The van der Waals surface area contributed by atoms with E-state index in [-0.39, 0.29) is 11.2 Å². The van der Waals surface area contributed by atoms with E-state index in [9.17, 15) is 4.79 Å². The van der Waals surface area contributed by atoms with Crippen molar-refractivity contribution in [2.75, 3.05) is 6.61 Å². The minimum Gasteiger partial charge on any atom is -0.494 e. The molecular weight excluding hydrogens is 200 g/mol. The first-order valence-corrected chi connectivity index (χ1v) is 5.93. The number of hydrogen-bond donors (Lipinski definition) is 0. The summed E-state index contributed by atoms with van der Waals surface area (Å²) in [6.07, 6.45) is 3.12. The van der Waals surface area contributed by atoms with Crippen LogP contribution in [0.2, 0.25) is 0 Å². The van der Waals surface area contributed by atoms with E-state index in [2.05, 4.69) is 0 Å². The number of rotatable bonds is 4. The van der Waals surface area contributed by atoms with Crippen LogP contribution in [-0.4, -0.2) is 12.4 Å². The van der Waals surface area contributed by atoms with E-state index in [1.54, 1.807) is 6.92 Å². The molecule has 2 heteroatoms. The van der Waals surface area contributed by atoms with E-state index in [0.29, 0.717) is 6.61 Å². The summed E-state index contributed by atoms with van der Waals surface area (Å²) in [6, 6.07) is 7.98. The van der Waals surface area contributed by atoms with Crippen LogP contribution in [0.5, 0.6) is 5.75 Å². The number of Topliss-reactive ketones (excluding diaryl/α,β-unsaturated/α-hetero) is 1. The molecular formula is C14H18O2. The maximum absolute atomic E-state index is 11.8. The number of carbonyl (C=O) groups excluding carboxylic acids is 1. The lowest BCUT2D eigenvalue weighted by atomic mass is 9.62. The fourth-order valence-corrected chi connectivity index (χ4v) is 2.42. The van der Waals surface area contributed by atoms with Crippen LogP contribution in [0.15, 0.2) is 24.3 Å². The van der Waals surface area contributed by atoms with Crippen molar-refractivity contribution in [1.29, 1.82) is 0 Å². The van der Waals surface area contributed by atoms with Gasteiger partial charge in [0.25, 0.3) is 0 Å². The Labute approximate surface area is 96.6 Å². The molecule has 0 aliphatic heterocycles. The Kier molecular flexibility index (Phi) is 2.99. The quantitative estimate of drug-likeness (QED) is 0.776. The summed E-state index contributed by atoms with van der Waals surface area (Å²) >= 11 is 0. The Bertz CT molecular complexity index is 391. The van der Waals surface area contributed by atoms with Gasteiger partial charge in [0, 0.05) is 0 Å². The van der Waals surface area contributed by atoms with Gasteiger partial charge >= 0.3 is 0 Å². The number of ketones is 1. The first kappa shape index (κ1) is 11.2. The topological polar surface area (TPSA) is 26.3 Å². The van der Waals surface area contributed by atoms with Crippen LogP contribution < -0.4 is 4.74 Å². The van der Waals surface area contributed by atoms with Crippen LogP contribution >= 0.6 is 0 Å². The standard InChI is InChI=1S/C14H18O2/c1-3-16-13-7-4-6-12(10-13)14(11(2)15)8-5-9-14/h4,6-7,10H,3,5,8-9H2,1-2H3. The molecule has 1 fully saturated rings. The maximum atomic E-state index is 11.8. The highest BCUT2D eigenvalue weighted by molar-refractivity contribution is 5.89. The fourth-order valence-electron chi connectivity index (χ4n) is 2.42. The largest absolute Gasteiger partial charge is 0.494 e. The summed E-state index contributed by atoms with van der Waals surface area (Å²) in [6.45, 7) is 4.33. The monoisotopic (exact) mass is 218 g/mol. The molecule has 0 bridgehead atoms. The van der Waals surface area contributed by atoms with Gasteiger partial charge in [0.05, 0.1) is 12.0 Å². The molecule has 0 radical (unpaired) electrons. The molecule has 0 aromatic heterocycles. The second-order valence-corrected chi connectivity index (χ2v) is 4.45. The van der Waals surface area contributed by atoms with Crippen LogP contribution in [0, 0.1) is 0 Å². The van der Waals surface area contributed by atoms with Crippen molar-refractivity contribution < 1.29 is 9.53 Å². The lowest BCUT2D eigenvalue weighted by Crippen LogP contribution is -2.40. The number of benzene rings is 1. The minimum absolute atomic E-state index is 0.215. The predicted octanol–water partition coefficient (Wildman–Crippen LogP) is 3.10. The smallest absolute Gasteiger partial charge is 0.140 e. The first-order chi connectivity index (χ1) is 7.69. The van der Waals surface area contributed by atoms with Crippen LogP contribution in [0.25, 0.3) is 0 Å². The van der Waals surface area contributed by atoms with Crippen LogP contribution in [0.3, 0.4) is 0 Å². The third kappa shape index (κ3) is 1.73. The van der Waals surface area contributed by atoms with Gasteiger partial charge in [0.15, 0.2) is 0 Å². The molecule has 1 aliphatic rings. The van der Waals surface area contributed by atoms with Crippen molar-refractivity contribution in [2.24, 2.45) is 0 Å². The zero-order valence-corrected chi connectivity index (χ0v) is 9.95. The average molecular weight is 218 g/mol. The van der Waals surface area contributed by atoms with E-state index in [0.717, 1.165) is 30.6 Å². The van der Waals surface area contributed by atoms with Gasteiger partial charge in [-0.15, -0.1) is 0 Å². The molecule has 0 amide bonds. The minimum atomic E-state index is -0.215. The van der Waals surface area contributed by atoms with Crippen LogP contribution in [0.1, 0.15) is 38.7 Å². The molecule has 1 aromatic carbocycles. The Morgan fingerprint density at radius 1 is 1.44 bits per heavy atom. The summed E-state index contributed by atoms with van der Waals surface area (Å²) in [5, 5.41) is 0. The molecule has 2 rings (SSSR count). The molecule has 0 heterocycles. The molecule has 2 nitrogen and oxygen atoms in total. The van der Waals surface area contributed by atoms with E-state index in [4.69, 9.17) is 4.74 Å². The Balaban J connectivity index is 2.32. The normalized spacial score (nSPS) is 17.6. The second kappa shape index (κ2) is 4.28. The number of carbonyl (C=O) groups is 1. The second-order valence-electron chi connectivity index (χ2n) is 4.45. The molecule has 1 saturated carbocycles. The van der Waals surface area contributed by atoms with Gasteiger partial charge < -0.3 is 4.74 Å². The molecule has 1 aliphatic carbocycles. The van der Waals surface area contributed by atoms with Crippen LogP contribution in [-0.2, 0) is 10.2 Å². The highest BCUT2D eigenvalue weighted by atomic mass is 16.5. The SMILES string of the molecule is CCOc1cccc(C2(C(C)=O)CCC2)c1. The summed E-state index contributed by atoms with van der Waals surface area (Å²) in [5.74, 6) is 1.15. The zero-order chi connectivity index (χ0) is 11.6. The predicted molar refractivity (Wildman–Crippen MR) is 63.8 cm³/mol. The summed E-state index contributed by atoms with van der Waals surface area (Å²) in [7, 11) is 0. The number of hydrogen-bond acceptors (Lipinski definition) is 2. The van der Waals surface area contributed by atoms with Gasteiger partial charge in [-0.2, -0.15) is 0 Å². The van der Waals surface area contributed by atoms with E-state index >= 15 is 0 Å². The summed E-state index contributed by atoms with van der Waals surface area (Å²) < 4.78 is 5.48. The van der Waals surface area contributed by atoms with Gasteiger partial charge in [-0.05, 0) is 44.4 Å². The van der Waals surface area contributed by atoms with Crippen molar-refractivity contribution in [3.8, 4) is 5.75 Å². The summed E-state index contributed by atoms with van der Waals surface area (Å²) in [5.41, 5.74) is 0.907. The van der Waals surface area contributed by atoms with Crippen molar-refractivity contribution in [3.63, 3.8) is 0 Å². The van der Waals surface area contributed by atoms with E-state index < -0.39 is 0 Å². The van der Waals surface area contributed by atoms with Crippen molar-refractivity contribution in [3.05, 3.63) is 29.8 Å². The fraction of sp³-hybridized carbons (Fsp3) is 0.500. The molecule has 0 saturated heterocycles. The third-order valence-electron chi connectivity index (χ3n) is 3.58. The van der Waals surface area contributed by atoms with E-state index in [1.165, 1.54) is 0 Å². The lowest BCUT2D eigenvalue weighted by Gasteiger charge is -2.40. The van der Waals surface area contributed by atoms with Gasteiger partial charge in [-0.25, -0.2) is 0 Å². The van der Waals surface area contributed by atoms with Gasteiger partial charge in [-0.1, -0.05) is 18.6 Å². The average Bonchev–Trinajstić information content (AvgIpc) is 2.16. The maximum Gasteiger partial charge on any atom is 0.140 e. The Morgan fingerprint density at radius 2 is 2.19 bits per heavy atom. The van der Waals surface area contributed by atoms with Crippen molar-refractivity contribution in [2.45, 2.75) is 38.5 Å². The molecule has 16 heavy (non-hydrogen) atoms. The first-order valence-electron chi connectivity index (χ1n) is 5.93. The lowest BCUT2D eigenvalue weighted by molar-refractivity contribution is -0.125. The van der Waals surface area contributed by atoms with Crippen molar-refractivity contribution in [1.82, 2.24) is 0 Å². The molecule has 0 N–H and O–H groups in total. The molecule has 0 atom stereocenters. The van der Waals surface area contributed by atoms with Gasteiger partial charge in [0.1, 0.15) is 11.5 Å². The molecule has 0 unspecified atom stereocenters. The summed E-state index contributed by atoms with van der Waals surface area (Å²) in [4.78, 5) is 11.8. The highest BCUT2D eigenvalue weighted by Crippen LogP contribution is 2.45. The third-order valence-corrected chi connectivity index (χ3v) is 3.58. The van der Waals surface area contributed by atoms with Crippen molar-refractivity contribution >= 4 is 5.78 Å². The zero-order valence-electron chi connectivity index (χ0n) is 9.95. The van der Waals surface area contributed by atoms with Crippen LogP contribution in [0.4, 0.5) is 0 Å². The van der Waals surface area contributed by atoms with E-state index in [1.807, 2.05) is 31.2 Å². The van der Waals surface area contributed by atoms with Gasteiger partial charge in [0.2, 0.25) is 0 Å². The Morgan fingerprint density at radius 3 is 2.69 bits per heavy atom. The Hall–Kier alpha value is -1.31. The molecule has 1 aromatic rings. The molecule has 0 spiro atoms.